The van der Waals surface area contributed by atoms with E-state index in [1.807, 2.05) is 0 Å². The molecule has 0 aliphatic heterocycles. The van der Waals surface area contributed by atoms with Crippen molar-refractivity contribution in [3.05, 3.63) is 0 Å². The first-order valence-electron chi connectivity index (χ1n) is 3.18. The molecule has 0 spiro atoms. The zero-order chi connectivity index (χ0) is 9.98. The fourth-order valence-corrected chi connectivity index (χ4v) is 0.124. The minimum Gasteiger partial charge on any atom is -0.251 e. The molecule has 0 fully saturated rings. The minimum absolute atomic E-state index is 0.625. The van der Waals surface area contributed by atoms with Crippen molar-refractivity contribution in [3.63, 3.8) is 0 Å². The van der Waals surface area contributed by atoms with Crippen LogP contribution in [0.2, 0.25) is 0 Å². The second-order valence-electron chi connectivity index (χ2n) is 1.77. The predicted molar refractivity (Wildman–Crippen MR) is 33.4 cm³/mol. The SMILES string of the molecule is FCC(F)CF.FCCC(F)F. The molecule has 0 aliphatic carbocycles. The fraction of sp³-hybridized carbons (Fsp3) is 1.00. The van der Waals surface area contributed by atoms with Crippen LogP contribution in [-0.4, -0.2) is 32.6 Å². The summed E-state index contributed by atoms with van der Waals surface area (Å²) < 4.78 is 65.0. The molecule has 0 aromatic carbocycles. The number of hydrogen-bond acceptors (Lipinski definition) is 0. The number of halogens is 6. The van der Waals surface area contributed by atoms with Gasteiger partial charge in [-0.1, -0.05) is 0 Å². The smallest absolute Gasteiger partial charge is 0.241 e. The topological polar surface area (TPSA) is 0 Å². The largest absolute Gasteiger partial charge is 0.251 e. The van der Waals surface area contributed by atoms with Crippen LogP contribution in [0, 0.1) is 0 Å². The molecule has 0 unspecified atom stereocenters. The maximum Gasteiger partial charge on any atom is 0.241 e. The molecule has 0 amide bonds. The normalized spacial score (nSPS) is 10.0. The van der Waals surface area contributed by atoms with E-state index in [2.05, 4.69) is 0 Å². The van der Waals surface area contributed by atoms with Gasteiger partial charge in [0.1, 0.15) is 13.3 Å². The van der Waals surface area contributed by atoms with Crippen LogP contribution >= 0.6 is 0 Å². The number of rotatable bonds is 4. The molecule has 0 N–H and O–H groups in total. The summed E-state index contributed by atoms with van der Waals surface area (Å²) in [4.78, 5) is 0. The van der Waals surface area contributed by atoms with E-state index in [-0.39, 0.29) is 0 Å². The third-order valence-corrected chi connectivity index (χ3v) is 0.662. The lowest BCUT2D eigenvalue weighted by Crippen LogP contribution is -2.03. The summed E-state index contributed by atoms with van der Waals surface area (Å²) in [5.74, 6) is 0. The lowest BCUT2D eigenvalue weighted by Gasteiger charge is -1.88. The molecular formula is C6H10F6. The Morgan fingerprint density at radius 2 is 1.25 bits per heavy atom. The Kier molecular flexibility index (Phi) is 12.5. The summed E-state index contributed by atoms with van der Waals surface area (Å²) in [6.45, 7) is -3.34. The van der Waals surface area contributed by atoms with Gasteiger partial charge in [0.15, 0.2) is 6.17 Å². The van der Waals surface area contributed by atoms with Gasteiger partial charge in [-0.15, -0.1) is 0 Å². The van der Waals surface area contributed by atoms with Crippen molar-refractivity contribution in [3.8, 4) is 0 Å². The first-order valence-corrected chi connectivity index (χ1v) is 3.18. The van der Waals surface area contributed by atoms with E-state index in [1.165, 1.54) is 0 Å². The highest BCUT2D eigenvalue weighted by molar-refractivity contribution is 4.46. The van der Waals surface area contributed by atoms with Gasteiger partial charge in [0.05, 0.1) is 6.67 Å². The predicted octanol–water partition coefficient (Wildman–Crippen LogP) is 2.87. The standard InChI is InChI=1S/2C3H5F3/c4-1-3(6)2-5;4-2-1-3(5)6/h2*3H,1-2H2. The Morgan fingerprint density at radius 3 is 1.25 bits per heavy atom. The third-order valence-electron chi connectivity index (χ3n) is 0.662. The number of alkyl halides is 6. The fourth-order valence-electron chi connectivity index (χ4n) is 0.124. The Labute approximate surface area is 66.6 Å². The zero-order valence-electron chi connectivity index (χ0n) is 6.25. The maximum atomic E-state index is 11.1. The van der Waals surface area contributed by atoms with E-state index in [9.17, 15) is 26.3 Å². The molecule has 0 aliphatic rings. The van der Waals surface area contributed by atoms with Crippen molar-refractivity contribution >= 4 is 0 Å². The van der Waals surface area contributed by atoms with E-state index < -0.39 is 39.0 Å². The summed E-state index contributed by atoms with van der Waals surface area (Å²) in [6.07, 6.45) is -5.00. The average Bonchev–Trinajstić information content (AvgIpc) is 2.04. The molecule has 0 saturated heterocycles. The Bertz CT molecular complexity index is 72.4. The highest BCUT2D eigenvalue weighted by Crippen LogP contribution is 1.96. The van der Waals surface area contributed by atoms with Gasteiger partial charge in [0.25, 0.3) is 0 Å². The van der Waals surface area contributed by atoms with Gasteiger partial charge in [-0.2, -0.15) is 0 Å². The summed E-state index contributed by atoms with van der Waals surface area (Å²) >= 11 is 0. The lowest BCUT2D eigenvalue weighted by atomic mass is 10.5. The van der Waals surface area contributed by atoms with Crippen molar-refractivity contribution in [2.24, 2.45) is 0 Å². The molecule has 0 heterocycles. The van der Waals surface area contributed by atoms with Crippen molar-refractivity contribution in [2.45, 2.75) is 19.0 Å². The number of hydrogen-bond donors (Lipinski definition) is 0. The average molecular weight is 196 g/mol. The van der Waals surface area contributed by atoms with Crippen LogP contribution in [0.5, 0.6) is 0 Å². The first-order chi connectivity index (χ1) is 5.58. The summed E-state index contributed by atoms with van der Waals surface area (Å²) in [6, 6.07) is 0. The second-order valence-corrected chi connectivity index (χ2v) is 1.77. The van der Waals surface area contributed by atoms with Crippen LogP contribution in [-0.2, 0) is 0 Å². The van der Waals surface area contributed by atoms with Gasteiger partial charge in [-0.3, -0.25) is 4.39 Å². The lowest BCUT2D eigenvalue weighted by molar-refractivity contribution is 0.127. The van der Waals surface area contributed by atoms with E-state index in [4.69, 9.17) is 0 Å². The van der Waals surface area contributed by atoms with Crippen molar-refractivity contribution < 1.29 is 26.3 Å². The van der Waals surface area contributed by atoms with Crippen LogP contribution in [0.25, 0.3) is 0 Å². The van der Waals surface area contributed by atoms with Gasteiger partial charge >= 0.3 is 0 Å². The van der Waals surface area contributed by atoms with Crippen LogP contribution < -0.4 is 0 Å². The van der Waals surface area contributed by atoms with E-state index in [0.29, 0.717) is 0 Å². The van der Waals surface area contributed by atoms with E-state index >= 15 is 0 Å². The van der Waals surface area contributed by atoms with Gasteiger partial charge in [0.2, 0.25) is 6.43 Å². The van der Waals surface area contributed by atoms with Gasteiger partial charge in [-0.25, -0.2) is 22.0 Å². The highest BCUT2D eigenvalue weighted by Gasteiger charge is 2.00. The van der Waals surface area contributed by atoms with Gasteiger partial charge in [0, 0.05) is 6.42 Å². The first kappa shape index (κ1) is 14.1. The van der Waals surface area contributed by atoms with Crippen molar-refractivity contribution in [2.75, 3.05) is 20.0 Å². The Balaban J connectivity index is 0. The third kappa shape index (κ3) is 16.3. The quantitative estimate of drug-likeness (QED) is 0.606. The zero-order valence-corrected chi connectivity index (χ0v) is 6.25. The second kappa shape index (κ2) is 10.6. The molecule has 0 saturated carbocycles. The molecule has 0 radical (unpaired) electrons. The highest BCUT2D eigenvalue weighted by atomic mass is 19.3. The molecule has 0 nitrogen and oxygen atoms in total. The van der Waals surface area contributed by atoms with Gasteiger partial charge < -0.3 is 0 Å². The molecule has 76 valence electrons. The van der Waals surface area contributed by atoms with Crippen LogP contribution in [0.1, 0.15) is 6.42 Å². The van der Waals surface area contributed by atoms with Crippen molar-refractivity contribution in [1.29, 1.82) is 0 Å². The van der Waals surface area contributed by atoms with E-state index in [1.54, 1.807) is 0 Å². The Hall–Kier alpha value is -0.420. The van der Waals surface area contributed by atoms with Crippen LogP contribution in [0.3, 0.4) is 0 Å². The molecule has 0 bridgehead atoms. The molecule has 6 heteroatoms. The van der Waals surface area contributed by atoms with E-state index in [0.717, 1.165) is 0 Å². The summed E-state index contributed by atoms with van der Waals surface area (Å²) in [5.41, 5.74) is 0. The maximum absolute atomic E-state index is 11.1. The molecule has 12 heavy (non-hydrogen) atoms. The van der Waals surface area contributed by atoms with Crippen molar-refractivity contribution in [1.82, 2.24) is 0 Å². The minimum atomic E-state index is -2.48. The molecule has 0 rings (SSSR count). The van der Waals surface area contributed by atoms with Crippen LogP contribution in [0.15, 0.2) is 0 Å². The monoisotopic (exact) mass is 196 g/mol. The van der Waals surface area contributed by atoms with Gasteiger partial charge in [-0.05, 0) is 0 Å². The molecular weight excluding hydrogens is 186 g/mol. The molecule has 0 aromatic rings. The summed E-state index contributed by atoms with van der Waals surface area (Å²) in [7, 11) is 0. The summed E-state index contributed by atoms with van der Waals surface area (Å²) in [5, 5.41) is 0. The molecule has 0 aromatic heterocycles. The Morgan fingerprint density at radius 1 is 0.833 bits per heavy atom. The molecule has 0 atom stereocenters. The van der Waals surface area contributed by atoms with Crippen LogP contribution in [0.4, 0.5) is 26.3 Å².